The predicted molar refractivity (Wildman–Crippen MR) is 77.5 cm³/mol. The molecule has 3 N–H and O–H groups in total. The summed E-state index contributed by atoms with van der Waals surface area (Å²) in [7, 11) is 1.78. The zero-order valence-corrected chi connectivity index (χ0v) is 12.6. The van der Waals surface area contributed by atoms with E-state index in [2.05, 4.69) is 10.1 Å². The Morgan fingerprint density at radius 2 is 2.05 bits per heavy atom. The summed E-state index contributed by atoms with van der Waals surface area (Å²) in [5.41, 5.74) is 5.47. The molecule has 1 fully saturated rings. The van der Waals surface area contributed by atoms with Crippen molar-refractivity contribution in [3.8, 4) is 0 Å². The van der Waals surface area contributed by atoms with Crippen LogP contribution in [0.25, 0.3) is 0 Å². The summed E-state index contributed by atoms with van der Waals surface area (Å²) in [4.78, 5) is 2.51. The second-order valence-corrected chi connectivity index (χ2v) is 6.21. The summed E-state index contributed by atoms with van der Waals surface area (Å²) in [6, 6.07) is 0. The molecule has 0 amide bonds. The zero-order chi connectivity index (χ0) is 14.3. The lowest BCUT2D eigenvalue weighted by Gasteiger charge is -2.32. The first-order valence-corrected chi connectivity index (χ1v) is 7.19. The molecule has 19 heavy (non-hydrogen) atoms. The molecule has 0 radical (unpaired) electrons. The van der Waals surface area contributed by atoms with Crippen LogP contribution < -0.4 is 5.73 Å². The monoisotopic (exact) mass is 271 g/mol. The number of hydrogen-bond donors (Lipinski definition) is 2. The molecule has 1 aliphatic heterocycles. The van der Waals surface area contributed by atoms with Gasteiger partial charge in [0.2, 0.25) is 0 Å². The Morgan fingerprint density at radius 3 is 2.58 bits per heavy atom. The maximum atomic E-state index is 8.74. The molecular weight excluding hydrogens is 242 g/mol. The standard InChI is InChI=1S/C14H29N3O2/c1-14(2,13(15)16-18)7-4-8-17-9-5-12(6-10-17)11-19-3/h12,18H,4-11H2,1-3H3,(H2,15,16). The summed E-state index contributed by atoms with van der Waals surface area (Å²) in [6.45, 7) is 8.36. The van der Waals surface area contributed by atoms with Crippen LogP contribution in [-0.4, -0.2) is 49.3 Å². The van der Waals surface area contributed by atoms with Crippen LogP contribution in [0, 0.1) is 11.3 Å². The molecule has 0 aromatic rings. The largest absolute Gasteiger partial charge is 0.409 e. The van der Waals surface area contributed by atoms with Crippen LogP contribution in [-0.2, 0) is 4.74 Å². The fourth-order valence-electron chi connectivity index (χ4n) is 2.62. The molecule has 1 rings (SSSR count). The van der Waals surface area contributed by atoms with Gasteiger partial charge >= 0.3 is 0 Å². The molecule has 0 spiro atoms. The van der Waals surface area contributed by atoms with Gasteiger partial charge in [-0.15, -0.1) is 0 Å². The molecule has 0 atom stereocenters. The maximum Gasteiger partial charge on any atom is 0.144 e. The molecule has 0 aliphatic carbocycles. The number of methoxy groups -OCH3 is 1. The molecule has 112 valence electrons. The van der Waals surface area contributed by atoms with Gasteiger partial charge in [-0.05, 0) is 51.2 Å². The SMILES string of the molecule is COCC1CCN(CCCC(C)(C)C(N)=NO)CC1. The minimum Gasteiger partial charge on any atom is -0.409 e. The minimum absolute atomic E-state index is 0.219. The average molecular weight is 271 g/mol. The van der Waals surface area contributed by atoms with E-state index in [1.165, 1.54) is 12.8 Å². The molecule has 1 aliphatic rings. The minimum atomic E-state index is -0.219. The van der Waals surface area contributed by atoms with E-state index < -0.39 is 0 Å². The van der Waals surface area contributed by atoms with Crippen LogP contribution >= 0.6 is 0 Å². The van der Waals surface area contributed by atoms with Crippen molar-refractivity contribution < 1.29 is 9.94 Å². The number of likely N-dealkylation sites (tertiary alicyclic amines) is 1. The van der Waals surface area contributed by atoms with Crippen LogP contribution in [0.2, 0.25) is 0 Å². The third-order valence-electron chi connectivity index (χ3n) is 4.19. The fraction of sp³-hybridized carbons (Fsp3) is 0.929. The Bertz CT molecular complexity index is 284. The van der Waals surface area contributed by atoms with Gasteiger partial charge in [-0.25, -0.2) is 0 Å². The van der Waals surface area contributed by atoms with Gasteiger partial charge < -0.3 is 20.6 Å². The van der Waals surface area contributed by atoms with E-state index in [0.29, 0.717) is 5.84 Å². The van der Waals surface area contributed by atoms with Crippen LogP contribution in [0.3, 0.4) is 0 Å². The fourth-order valence-corrected chi connectivity index (χ4v) is 2.62. The van der Waals surface area contributed by atoms with Crippen molar-refractivity contribution in [1.82, 2.24) is 4.90 Å². The van der Waals surface area contributed by atoms with Crippen molar-refractivity contribution in [1.29, 1.82) is 0 Å². The first-order chi connectivity index (χ1) is 8.99. The number of amidine groups is 1. The van der Waals surface area contributed by atoms with Gasteiger partial charge in [-0.3, -0.25) is 0 Å². The van der Waals surface area contributed by atoms with Crippen LogP contribution in [0.5, 0.6) is 0 Å². The lowest BCUT2D eigenvalue weighted by Crippen LogP contribution is -2.37. The van der Waals surface area contributed by atoms with Crippen LogP contribution in [0.1, 0.15) is 39.5 Å². The molecule has 0 saturated carbocycles. The normalized spacial score (nSPS) is 19.8. The Hall–Kier alpha value is -0.810. The number of rotatable bonds is 7. The Kier molecular flexibility index (Phi) is 6.58. The molecule has 0 aromatic heterocycles. The van der Waals surface area contributed by atoms with Crippen molar-refractivity contribution in [2.24, 2.45) is 22.2 Å². The van der Waals surface area contributed by atoms with E-state index in [4.69, 9.17) is 15.7 Å². The van der Waals surface area contributed by atoms with Gasteiger partial charge in [0.15, 0.2) is 0 Å². The maximum absolute atomic E-state index is 8.74. The second-order valence-electron chi connectivity index (χ2n) is 6.21. The highest BCUT2D eigenvalue weighted by molar-refractivity contribution is 5.85. The van der Waals surface area contributed by atoms with E-state index >= 15 is 0 Å². The topological polar surface area (TPSA) is 71.1 Å². The molecule has 5 heteroatoms. The highest BCUT2D eigenvalue weighted by Gasteiger charge is 2.24. The summed E-state index contributed by atoms with van der Waals surface area (Å²) in [5.74, 6) is 1.06. The number of nitrogens with zero attached hydrogens (tertiary/aromatic N) is 2. The lowest BCUT2D eigenvalue weighted by molar-refractivity contribution is 0.0980. The molecule has 0 bridgehead atoms. The van der Waals surface area contributed by atoms with Gasteiger partial charge in [0, 0.05) is 19.1 Å². The Balaban J connectivity index is 2.21. The molecule has 0 unspecified atom stereocenters. The number of oxime groups is 1. The summed E-state index contributed by atoms with van der Waals surface area (Å²) in [6.07, 6.45) is 4.49. The van der Waals surface area contributed by atoms with Gasteiger partial charge in [0.1, 0.15) is 5.84 Å². The van der Waals surface area contributed by atoms with Crippen LogP contribution in [0.4, 0.5) is 0 Å². The van der Waals surface area contributed by atoms with Crippen molar-refractivity contribution in [3.63, 3.8) is 0 Å². The van der Waals surface area contributed by atoms with Gasteiger partial charge in [0.25, 0.3) is 0 Å². The van der Waals surface area contributed by atoms with Crippen molar-refractivity contribution in [3.05, 3.63) is 0 Å². The van der Waals surface area contributed by atoms with E-state index in [0.717, 1.165) is 45.0 Å². The Morgan fingerprint density at radius 1 is 1.42 bits per heavy atom. The molecule has 5 nitrogen and oxygen atoms in total. The smallest absolute Gasteiger partial charge is 0.144 e. The van der Waals surface area contributed by atoms with Crippen molar-refractivity contribution in [2.75, 3.05) is 33.4 Å². The first-order valence-electron chi connectivity index (χ1n) is 7.19. The molecular formula is C14H29N3O2. The van der Waals surface area contributed by atoms with E-state index in [9.17, 15) is 0 Å². The van der Waals surface area contributed by atoms with E-state index in [-0.39, 0.29) is 5.41 Å². The lowest BCUT2D eigenvalue weighted by atomic mass is 9.86. The van der Waals surface area contributed by atoms with Crippen molar-refractivity contribution in [2.45, 2.75) is 39.5 Å². The first kappa shape index (κ1) is 16.2. The van der Waals surface area contributed by atoms with Gasteiger partial charge in [0.05, 0.1) is 0 Å². The number of ether oxygens (including phenoxy) is 1. The highest BCUT2D eigenvalue weighted by Crippen LogP contribution is 2.23. The molecule has 0 aromatic carbocycles. The number of piperidine rings is 1. The number of nitrogens with two attached hydrogens (primary N) is 1. The van der Waals surface area contributed by atoms with E-state index in [1.54, 1.807) is 7.11 Å². The zero-order valence-electron chi connectivity index (χ0n) is 12.6. The third kappa shape index (κ3) is 5.37. The predicted octanol–water partition coefficient (Wildman–Crippen LogP) is 1.90. The molecule has 1 saturated heterocycles. The number of hydrogen-bond acceptors (Lipinski definition) is 4. The summed E-state index contributed by atoms with van der Waals surface area (Å²) in [5, 5.41) is 11.9. The summed E-state index contributed by atoms with van der Waals surface area (Å²) < 4.78 is 5.21. The summed E-state index contributed by atoms with van der Waals surface area (Å²) >= 11 is 0. The average Bonchev–Trinajstić information content (AvgIpc) is 2.40. The quantitative estimate of drug-likeness (QED) is 0.321. The third-order valence-corrected chi connectivity index (χ3v) is 4.19. The Labute approximate surface area is 116 Å². The second kappa shape index (κ2) is 7.70. The van der Waals surface area contributed by atoms with Crippen molar-refractivity contribution >= 4 is 5.84 Å². The highest BCUT2D eigenvalue weighted by atomic mass is 16.5. The van der Waals surface area contributed by atoms with Gasteiger partial charge in [-0.1, -0.05) is 19.0 Å². The van der Waals surface area contributed by atoms with Gasteiger partial charge in [-0.2, -0.15) is 0 Å². The van der Waals surface area contributed by atoms with E-state index in [1.807, 2.05) is 13.8 Å². The molecule has 1 heterocycles. The van der Waals surface area contributed by atoms with Crippen LogP contribution in [0.15, 0.2) is 5.16 Å².